The summed E-state index contributed by atoms with van der Waals surface area (Å²) in [5.41, 5.74) is 3.41. The molecule has 2 rings (SSSR count). The van der Waals surface area contributed by atoms with E-state index in [0.717, 1.165) is 16.7 Å². The zero-order chi connectivity index (χ0) is 16.1. The summed E-state index contributed by atoms with van der Waals surface area (Å²) in [4.78, 5) is 23.8. The monoisotopic (exact) mass is 316 g/mol. The van der Waals surface area contributed by atoms with Crippen LogP contribution in [0.1, 0.15) is 16.7 Å². The fraction of sp³-hybridized carbons (Fsp3) is 0.176. The van der Waals surface area contributed by atoms with Gasteiger partial charge in [0.25, 0.3) is 0 Å². The largest absolute Gasteiger partial charge is 0.344 e. The third-order valence-electron chi connectivity index (χ3n) is 3.35. The minimum absolute atomic E-state index is 0.313. The number of nitrogens with one attached hydrogen (secondary N) is 2. The van der Waals surface area contributed by atoms with Crippen LogP contribution in [0.25, 0.3) is 0 Å². The lowest BCUT2D eigenvalue weighted by molar-refractivity contribution is -0.136. The van der Waals surface area contributed by atoms with Gasteiger partial charge in [0.05, 0.1) is 0 Å². The van der Waals surface area contributed by atoms with Crippen LogP contribution in [0.15, 0.2) is 42.5 Å². The molecule has 0 spiro atoms. The Hall–Kier alpha value is -2.33. The van der Waals surface area contributed by atoms with Crippen molar-refractivity contribution in [2.24, 2.45) is 0 Å². The van der Waals surface area contributed by atoms with Crippen molar-refractivity contribution < 1.29 is 9.59 Å². The van der Waals surface area contributed by atoms with Gasteiger partial charge in [0, 0.05) is 17.3 Å². The third-order valence-corrected chi connectivity index (χ3v) is 3.59. The van der Waals surface area contributed by atoms with Crippen molar-refractivity contribution in [3.8, 4) is 0 Å². The van der Waals surface area contributed by atoms with Gasteiger partial charge in [-0.2, -0.15) is 0 Å². The zero-order valence-electron chi connectivity index (χ0n) is 12.4. The number of carbonyl (C=O) groups excluding carboxylic acids is 2. The summed E-state index contributed by atoms with van der Waals surface area (Å²) >= 11 is 5.89. The summed E-state index contributed by atoms with van der Waals surface area (Å²) in [7, 11) is 0. The average Bonchev–Trinajstić information content (AvgIpc) is 2.49. The molecule has 0 atom stereocenters. The normalized spacial score (nSPS) is 10.1. The molecule has 2 N–H and O–H groups in total. The van der Waals surface area contributed by atoms with Gasteiger partial charge in [0.1, 0.15) is 0 Å². The fourth-order valence-corrected chi connectivity index (χ4v) is 2.14. The lowest BCUT2D eigenvalue weighted by Gasteiger charge is -2.10. The second-order valence-corrected chi connectivity index (χ2v) is 5.46. The SMILES string of the molecule is Cc1ccccc1CNC(=O)C(=O)Nc1cc(Cl)ccc1C. The van der Waals surface area contributed by atoms with Gasteiger partial charge in [-0.05, 0) is 42.7 Å². The van der Waals surface area contributed by atoms with E-state index in [4.69, 9.17) is 11.6 Å². The Labute approximate surface area is 134 Å². The average molecular weight is 317 g/mol. The van der Waals surface area contributed by atoms with E-state index in [9.17, 15) is 9.59 Å². The van der Waals surface area contributed by atoms with Crippen molar-refractivity contribution >= 4 is 29.1 Å². The predicted octanol–water partition coefficient (Wildman–Crippen LogP) is 3.21. The van der Waals surface area contributed by atoms with Crippen molar-refractivity contribution in [2.45, 2.75) is 20.4 Å². The van der Waals surface area contributed by atoms with Crippen molar-refractivity contribution in [1.82, 2.24) is 5.32 Å². The van der Waals surface area contributed by atoms with Crippen molar-refractivity contribution in [2.75, 3.05) is 5.32 Å². The smallest absolute Gasteiger partial charge is 0.313 e. The maximum atomic E-state index is 11.9. The molecule has 0 fully saturated rings. The number of hydrogen-bond acceptors (Lipinski definition) is 2. The zero-order valence-corrected chi connectivity index (χ0v) is 13.2. The minimum atomic E-state index is -0.709. The maximum absolute atomic E-state index is 11.9. The van der Waals surface area contributed by atoms with Gasteiger partial charge in [0.15, 0.2) is 0 Å². The lowest BCUT2D eigenvalue weighted by atomic mass is 10.1. The molecule has 0 aliphatic rings. The highest BCUT2D eigenvalue weighted by Crippen LogP contribution is 2.20. The quantitative estimate of drug-likeness (QED) is 0.854. The van der Waals surface area contributed by atoms with Gasteiger partial charge in [-0.3, -0.25) is 9.59 Å². The minimum Gasteiger partial charge on any atom is -0.344 e. The molecule has 0 bridgehead atoms. The molecule has 2 aromatic carbocycles. The fourth-order valence-electron chi connectivity index (χ4n) is 1.97. The highest BCUT2D eigenvalue weighted by molar-refractivity contribution is 6.40. The van der Waals surface area contributed by atoms with E-state index < -0.39 is 11.8 Å². The second kappa shape index (κ2) is 7.09. The van der Waals surface area contributed by atoms with E-state index in [0.29, 0.717) is 17.3 Å². The summed E-state index contributed by atoms with van der Waals surface area (Å²) in [6.07, 6.45) is 0. The molecule has 0 saturated carbocycles. The molecule has 0 saturated heterocycles. The Morgan fingerprint density at radius 3 is 2.45 bits per heavy atom. The molecule has 0 aliphatic carbocycles. The van der Waals surface area contributed by atoms with Crippen molar-refractivity contribution in [3.05, 3.63) is 64.2 Å². The van der Waals surface area contributed by atoms with Gasteiger partial charge in [-0.25, -0.2) is 0 Å². The van der Waals surface area contributed by atoms with Crippen molar-refractivity contribution in [3.63, 3.8) is 0 Å². The van der Waals surface area contributed by atoms with E-state index in [-0.39, 0.29) is 0 Å². The van der Waals surface area contributed by atoms with Crippen LogP contribution < -0.4 is 10.6 Å². The molecular formula is C17H17ClN2O2. The molecule has 114 valence electrons. The molecule has 0 radical (unpaired) electrons. The Morgan fingerprint density at radius 1 is 1.00 bits per heavy atom. The van der Waals surface area contributed by atoms with Gasteiger partial charge in [-0.15, -0.1) is 0 Å². The van der Waals surface area contributed by atoms with E-state index >= 15 is 0 Å². The number of benzene rings is 2. The Morgan fingerprint density at radius 2 is 1.73 bits per heavy atom. The molecule has 0 aromatic heterocycles. The van der Waals surface area contributed by atoms with Crippen LogP contribution in [0.3, 0.4) is 0 Å². The van der Waals surface area contributed by atoms with E-state index in [1.165, 1.54) is 0 Å². The first kappa shape index (κ1) is 16.0. The van der Waals surface area contributed by atoms with Gasteiger partial charge < -0.3 is 10.6 Å². The van der Waals surface area contributed by atoms with Crippen LogP contribution in [0.5, 0.6) is 0 Å². The summed E-state index contributed by atoms with van der Waals surface area (Å²) in [6, 6.07) is 12.8. The Kier molecular flexibility index (Phi) is 5.17. The molecule has 2 aromatic rings. The maximum Gasteiger partial charge on any atom is 0.313 e. The lowest BCUT2D eigenvalue weighted by Crippen LogP contribution is -2.35. The number of aryl methyl sites for hydroxylation is 2. The van der Waals surface area contributed by atoms with Crippen LogP contribution in [-0.2, 0) is 16.1 Å². The summed E-state index contributed by atoms with van der Waals surface area (Å²) in [5, 5.41) is 5.68. The first-order chi connectivity index (χ1) is 10.5. The van der Waals surface area contributed by atoms with Gasteiger partial charge >= 0.3 is 11.8 Å². The summed E-state index contributed by atoms with van der Waals surface area (Å²) < 4.78 is 0. The summed E-state index contributed by atoms with van der Waals surface area (Å²) in [6.45, 7) is 4.10. The van der Waals surface area contributed by atoms with Crippen LogP contribution in [0, 0.1) is 13.8 Å². The van der Waals surface area contributed by atoms with E-state index in [1.807, 2.05) is 38.1 Å². The molecule has 5 heteroatoms. The number of rotatable bonds is 3. The van der Waals surface area contributed by atoms with Gasteiger partial charge in [-0.1, -0.05) is 41.9 Å². The topological polar surface area (TPSA) is 58.2 Å². The molecule has 0 aliphatic heterocycles. The number of amides is 2. The third kappa shape index (κ3) is 4.09. The number of anilines is 1. The first-order valence-corrected chi connectivity index (χ1v) is 7.25. The summed E-state index contributed by atoms with van der Waals surface area (Å²) in [5.74, 6) is -1.39. The highest BCUT2D eigenvalue weighted by Gasteiger charge is 2.14. The van der Waals surface area contributed by atoms with Gasteiger partial charge in [0.2, 0.25) is 0 Å². The molecule has 0 unspecified atom stereocenters. The van der Waals surface area contributed by atoms with E-state index in [2.05, 4.69) is 10.6 Å². The Balaban J connectivity index is 1.97. The van der Waals surface area contributed by atoms with Crippen molar-refractivity contribution in [1.29, 1.82) is 0 Å². The molecule has 4 nitrogen and oxygen atoms in total. The number of hydrogen-bond donors (Lipinski definition) is 2. The molecule has 22 heavy (non-hydrogen) atoms. The van der Waals surface area contributed by atoms with E-state index in [1.54, 1.807) is 18.2 Å². The second-order valence-electron chi connectivity index (χ2n) is 5.02. The highest BCUT2D eigenvalue weighted by atomic mass is 35.5. The number of halogens is 1. The van der Waals surface area contributed by atoms with Crippen LogP contribution in [0.4, 0.5) is 5.69 Å². The molecular weight excluding hydrogens is 300 g/mol. The molecule has 0 heterocycles. The molecule has 2 amide bonds. The standard InChI is InChI=1S/C17H17ClN2O2/c1-11-5-3-4-6-13(11)10-19-16(21)17(22)20-15-9-14(18)8-7-12(15)2/h3-9H,10H2,1-2H3,(H,19,21)(H,20,22). The Bertz CT molecular complexity index is 714. The van der Waals surface area contributed by atoms with Crippen LogP contribution in [0.2, 0.25) is 5.02 Å². The van der Waals surface area contributed by atoms with Crippen LogP contribution in [-0.4, -0.2) is 11.8 Å². The predicted molar refractivity (Wildman–Crippen MR) is 87.8 cm³/mol. The number of carbonyl (C=O) groups is 2. The van der Waals surface area contributed by atoms with Crippen LogP contribution >= 0.6 is 11.6 Å². The first-order valence-electron chi connectivity index (χ1n) is 6.87.